The van der Waals surface area contributed by atoms with Gasteiger partial charge in [-0.2, -0.15) is 13.2 Å². The van der Waals surface area contributed by atoms with Crippen molar-refractivity contribution in [1.29, 1.82) is 0 Å². The summed E-state index contributed by atoms with van der Waals surface area (Å²) in [5.41, 5.74) is 6.69. The Morgan fingerprint density at radius 2 is 1.52 bits per heavy atom. The lowest BCUT2D eigenvalue weighted by Gasteiger charge is -2.26. The van der Waals surface area contributed by atoms with E-state index in [9.17, 15) is 18.0 Å². The van der Waals surface area contributed by atoms with E-state index in [1.165, 1.54) is 29.2 Å². The van der Waals surface area contributed by atoms with Gasteiger partial charge in [0.15, 0.2) is 0 Å². The van der Waals surface area contributed by atoms with Gasteiger partial charge in [0.2, 0.25) is 5.91 Å². The zero-order chi connectivity index (χ0) is 19.7. The third kappa shape index (κ3) is 9.04. The minimum atomic E-state index is -4.50. The molecular formula is C20H26Cl2F3N3O. The molecule has 4 nitrogen and oxygen atoms in total. The first-order valence-corrected chi connectivity index (χ1v) is 8.78. The van der Waals surface area contributed by atoms with Crippen LogP contribution in [-0.2, 0) is 11.2 Å². The Hall–Kier alpha value is -1.80. The predicted molar refractivity (Wildman–Crippen MR) is 114 cm³/mol. The maximum Gasteiger partial charge on any atom is 0.407 e. The van der Waals surface area contributed by atoms with Gasteiger partial charge in [-0.25, -0.2) is 0 Å². The standard InChI is InChI=1S/C20H24F3N3O.2ClH/c21-20(22,23)19(17-9-5-2-6-10-17)25-15-18(27)26(14-12-24)13-11-16-7-3-1-4-8-16;;/h1-10,19,25H,11-15,24H2;2*1H. The zero-order valence-electron chi connectivity index (χ0n) is 15.8. The molecule has 1 unspecified atom stereocenters. The maximum atomic E-state index is 13.4. The maximum absolute atomic E-state index is 13.4. The lowest BCUT2D eigenvalue weighted by atomic mass is 10.1. The van der Waals surface area contributed by atoms with Crippen LogP contribution in [0.15, 0.2) is 60.7 Å². The molecule has 2 aromatic rings. The van der Waals surface area contributed by atoms with Crippen LogP contribution in [0.5, 0.6) is 0 Å². The number of rotatable bonds is 9. The molecule has 0 aliphatic rings. The summed E-state index contributed by atoms with van der Waals surface area (Å²) in [6.45, 7) is 0.550. The number of amides is 1. The quantitative estimate of drug-likeness (QED) is 0.610. The minimum absolute atomic E-state index is 0. The average molecular weight is 452 g/mol. The summed E-state index contributed by atoms with van der Waals surface area (Å²) in [6, 6.07) is 15.2. The van der Waals surface area contributed by atoms with Crippen molar-refractivity contribution in [3.63, 3.8) is 0 Å². The van der Waals surface area contributed by atoms with Gasteiger partial charge in [0.05, 0.1) is 6.54 Å². The normalized spacial score (nSPS) is 11.7. The molecule has 3 N–H and O–H groups in total. The Morgan fingerprint density at radius 3 is 2.03 bits per heavy atom. The summed E-state index contributed by atoms with van der Waals surface area (Å²) in [5.74, 6) is -0.401. The number of carbonyl (C=O) groups excluding carboxylic acids is 1. The third-order valence-corrected chi connectivity index (χ3v) is 4.18. The van der Waals surface area contributed by atoms with Crippen LogP contribution < -0.4 is 11.1 Å². The van der Waals surface area contributed by atoms with Crippen molar-refractivity contribution in [1.82, 2.24) is 10.2 Å². The third-order valence-electron chi connectivity index (χ3n) is 4.18. The number of nitrogens with two attached hydrogens (primary N) is 1. The smallest absolute Gasteiger partial charge is 0.340 e. The number of nitrogens with zero attached hydrogens (tertiary/aromatic N) is 1. The molecule has 0 bridgehead atoms. The summed E-state index contributed by atoms with van der Waals surface area (Å²) in [5, 5.41) is 2.36. The number of halogens is 5. The Kier molecular flexibility index (Phi) is 12.6. The molecule has 1 atom stereocenters. The molecule has 0 aliphatic heterocycles. The number of benzene rings is 2. The Balaban J connectivity index is 0.00000392. The van der Waals surface area contributed by atoms with Gasteiger partial charge in [-0.3, -0.25) is 10.1 Å². The van der Waals surface area contributed by atoms with E-state index < -0.39 is 24.7 Å². The van der Waals surface area contributed by atoms with Crippen LogP contribution in [0.2, 0.25) is 0 Å². The first kappa shape index (κ1) is 27.2. The van der Waals surface area contributed by atoms with Gasteiger partial charge in [0.1, 0.15) is 6.04 Å². The SMILES string of the molecule is Cl.Cl.NCCN(CCc1ccccc1)C(=O)CNC(c1ccccc1)C(F)(F)F. The van der Waals surface area contributed by atoms with Gasteiger partial charge in [-0.1, -0.05) is 60.7 Å². The van der Waals surface area contributed by atoms with Crippen LogP contribution in [0.3, 0.4) is 0 Å². The number of hydrogen-bond acceptors (Lipinski definition) is 3. The molecule has 0 saturated heterocycles. The highest BCUT2D eigenvalue weighted by Gasteiger charge is 2.40. The topological polar surface area (TPSA) is 58.4 Å². The summed E-state index contributed by atoms with van der Waals surface area (Å²) < 4.78 is 40.1. The van der Waals surface area contributed by atoms with E-state index in [2.05, 4.69) is 5.32 Å². The number of carbonyl (C=O) groups is 1. The van der Waals surface area contributed by atoms with E-state index in [4.69, 9.17) is 5.73 Å². The van der Waals surface area contributed by atoms with Crippen LogP contribution >= 0.6 is 24.8 Å². The van der Waals surface area contributed by atoms with Crippen LogP contribution in [0.4, 0.5) is 13.2 Å². The monoisotopic (exact) mass is 451 g/mol. The second kappa shape index (κ2) is 13.4. The van der Waals surface area contributed by atoms with Gasteiger partial charge >= 0.3 is 6.18 Å². The molecule has 29 heavy (non-hydrogen) atoms. The van der Waals surface area contributed by atoms with E-state index >= 15 is 0 Å². The van der Waals surface area contributed by atoms with Gasteiger partial charge < -0.3 is 10.6 Å². The highest BCUT2D eigenvalue weighted by Crippen LogP contribution is 2.32. The lowest BCUT2D eigenvalue weighted by molar-refractivity contribution is -0.159. The van der Waals surface area contributed by atoms with E-state index in [-0.39, 0.29) is 36.9 Å². The van der Waals surface area contributed by atoms with Crippen molar-refractivity contribution in [2.75, 3.05) is 26.2 Å². The molecule has 2 rings (SSSR count). The summed E-state index contributed by atoms with van der Waals surface area (Å²) in [6.07, 6.45) is -3.88. The Morgan fingerprint density at radius 1 is 0.966 bits per heavy atom. The molecule has 1 amide bonds. The second-order valence-electron chi connectivity index (χ2n) is 6.17. The number of nitrogens with one attached hydrogen (secondary N) is 1. The highest BCUT2D eigenvalue weighted by atomic mass is 35.5. The zero-order valence-corrected chi connectivity index (χ0v) is 17.4. The molecular weight excluding hydrogens is 426 g/mol. The second-order valence-corrected chi connectivity index (χ2v) is 6.17. The van der Waals surface area contributed by atoms with E-state index in [0.29, 0.717) is 19.5 Å². The Bertz CT molecular complexity index is 703. The first-order valence-electron chi connectivity index (χ1n) is 8.78. The Labute approximate surface area is 181 Å². The van der Waals surface area contributed by atoms with Gasteiger partial charge in [-0.05, 0) is 17.5 Å². The van der Waals surface area contributed by atoms with Gasteiger partial charge in [0, 0.05) is 19.6 Å². The van der Waals surface area contributed by atoms with Crippen molar-refractivity contribution in [3.05, 3.63) is 71.8 Å². The van der Waals surface area contributed by atoms with Crippen LogP contribution in [0.1, 0.15) is 17.2 Å². The van der Waals surface area contributed by atoms with Gasteiger partial charge in [0.25, 0.3) is 0 Å². The fourth-order valence-electron chi connectivity index (χ4n) is 2.80. The largest absolute Gasteiger partial charge is 0.407 e. The summed E-state index contributed by atoms with van der Waals surface area (Å²) in [4.78, 5) is 14.0. The van der Waals surface area contributed by atoms with Crippen molar-refractivity contribution in [2.45, 2.75) is 18.6 Å². The molecule has 162 valence electrons. The van der Waals surface area contributed by atoms with E-state index in [1.54, 1.807) is 6.07 Å². The molecule has 0 aromatic heterocycles. The van der Waals surface area contributed by atoms with Crippen molar-refractivity contribution in [3.8, 4) is 0 Å². The summed E-state index contributed by atoms with van der Waals surface area (Å²) >= 11 is 0. The predicted octanol–water partition coefficient (Wildman–Crippen LogP) is 3.75. The lowest BCUT2D eigenvalue weighted by Crippen LogP contribution is -2.45. The highest BCUT2D eigenvalue weighted by molar-refractivity contribution is 5.85. The molecule has 0 radical (unpaired) electrons. The molecule has 0 saturated carbocycles. The molecule has 0 aliphatic carbocycles. The van der Waals surface area contributed by atoms with Crippen molar-refractivity contribution in [2.24, 2.45) is 5.73 Å². The van der Waals surface area contributed by atoms with E-state index in [1.807, 2.05) is 30.3 Å². The van der Waals surface area contributed by atoms with Crippen LogP contribution in [0.25, 0.3) is 0 Å². The average Bonchev–Trinajstić information content (AvgIpc) is 2.65. The molecule has 9 heteroatoms. The molecule has 0 heterocycles. The number of hydrogen-bond donors (Lipinski definition) is 2. The van der Waals surface area contributed by atoms with Crippen LogP contribution in [0, 0.1) is 0 Å². The van der Waals surface area contributed by atoms with Crippen molar-refractivity contribution < 1.29 is 18.0 Å². The van der Waals surface area contributed by atoms with Gasteiger partial charge in [-0.15, -0.1) is 24.8 Å². The summed E-state index contributed by atoms with van der Waals surface area (Å²) in [7, 11) is 0. The molecule has 0 fully saturated rings. The number of alkyl halides is 3. The van der Waals surface area contributed by atoms with Crippen molar-refractivity contribution >= 4 is 30.7 Å². The molecule has 0 spiro atoms. The van der Waals surface area contributed by atoms with E-state index in [0.717, 1.165) is 5.56 Å². The minimum Gasteiger partial charge on any atom is -0.340 e. The fraction of sp³-hybridized carbons (Fsp3) is 0.350. The van der Waals surface area contributed by atoms with Crippen LogP contribution in [-0.4, -0.2) is 43.2 Å². The first-order chi connectivity index (χ1) is 12.9. The fourth-order valence-corrected chi connectivity index (χ4v) is 2.80. The molecule has 2 aromatic carbocycles.